The first kappa shape index (κ1) is 13.8. The number of nitrogens with two attached hydrogens (primary N) is 1. The maximum absolute atomic E-state index is 10.9. The van der Waals surface area contributed by atoms with Gasteiger partial charge in [-0.2, -0.15) is 0 Å². The quantitative estimate of drug-likeness (QED) is 0.616. The van der Waals surface area contributed by atoms with E-state index in [2.05, 4.69) is 5.32 Å². The highest BCUT2D eigenvalue weighted by Crippen LogP contribution is 2.20. The number of hydrogen-bond acceptors (Lipinski definition) is 4. The maximum Gasteiger partial charge on any atom is 0.335 e. The van der Waals surface area contributed by atoms with Crippen LogP contribution in [0.5, 0.6) is 0 Å². The fourth-order valence-corrected chi connectivity index (χ4v) is 2.50. The molecular weight excluding hydrogens is 244 g/mol. The summed E-state index contributed by atoms with van der Waals surface area (Å²) < 4.78 is 0. The number of rotatable bonds is 4. The van der Waals surface area contributed by atoms with Gasteiger partial charge in [-0.1, -0.05) is 0 Å². The summed E-state index contributed by atoms with van der Waals surface area (Å²) in [5.41, 5.74) is 7.48. The molecule has 19 heavy (non-hydrogen) atoms. The number of carboxylic acid groups (broad SMARTS) is 1. The lowest BCUT2D eigenvalue weighted by atomic mass is 9.93. The molecule has 0 aromatic heterocycles. The van der Waals surface area contributed by atoms with Gasteiger partial charge in [0.2, 0.25) is 0 Å². The highest BCUT2D eigenvalue weighted by Gasteiger charge is 2.19. The summed E-state index contributed by atoms with van der Waals surface area (Å²) in [5.74, 6) is -0.950. The lowest BCUT2D eigenvalue weighted by molar-refractivity contribution is 0.0697. The molecule has 0 saturated heterocycles. The van der Waals surface area contributed by atoms with Crippen molar-refractivity contribution < 1.29 is 15.0 Å². The molecule has 2 atom stereocenters. The van der Waals surface area contributed by atoms with Gasteiger partial charge in [0.05, 0.1) is 11.7 Å². The highest BCUT2D eigenvalue weighted by atomic mass is 16.4. The van der Waals surface area contributed by atoms with E-state index in [-0.39, 0.29) is 17.7 Å². The Morgan fingerprint density at radius 2 is 2.21 bits per heavy atom. The van der Waals surface area contributed by atoms with Crippen molar-refractivity contribution in [2.45, 2.75) is 44.4 Å². The van der Waals surface area contributed by atoms with Gasteiger partial charge in [0.15, 0.2) is 0 Å². The van der Waals surface area contributed by atoms with Gasteiger partial charge >= 0.3 is 5.97 Å². The van der Waals surface area contributed by atoms with Gasteiger partial charge in [0.1, 0.15) is 0 Å². The summed E-state index contributed by atoms with van der Waals surface area (Å²) in [7, 11) is 0. The molecule has 5 N–H and O–H groups in total. The largest absolute Gasteiger partial charge is 0.478 e. The van der Waals surface area contributed by atoms with Gasteiger partial charge < -0.3 is 21.3 Å². The molecule has 0 aliphatic heterocycles. The standard InChI is InChI=1S/C14H20N2O3/c15-13-5-4-9(14(18)19)6-10(13)8-16-11-2-1-3-12(17)7-11/h4-6,11-12,16-17H,1-3,7-8,15H2,(H,18,19)/t11-,12+/m0/s1. The monoisotopic (exact) mass is 264 g/mol. The molecule has 104 valence electrons. The molecule has 1 saturated carbocycles. The number of nitrogen functional groups attached to an aromatic ring is 1. The second-order valence-electron chi connectivity index (χ2n) is 5.12. The Balaban J connectivity index is 1.98. The molecule has 0 radical (unpaired) electrons. The van der Waals surface area contributed by atoms with Crippen LogP contribution in [0.2, 0.25) is 0 Å². The van der Waals surface area contributed by atoms with Gasteiger partial charge in [0, 0.05) is 18.3 Å². The van der Waals surface area contributed by atoms with Crippen molar-refractivity contribution in [3.8, 4) is 0 Å². The van der Waals surface area contributed by atoms with Crippen molar-refractivity contribution >= 4 is 11.7 Å². The van der Waals surface area contributed by atoms with Crippen LogP contribution in [0.15, 0.2) is 18.2 Å². The first-order valence-corrected chi connectivity index (χ1v) is 6.59. The zero-order chi connectivity index (χ0) is 13.8. The SMILES string of the molecule is Nc1ccc(C(=O)O)cc1CN[C@H]1CCC[C@@H](O)C1. The highest BCUT2D eigenvalue weighted by molar-refractivity contribution is 5.88. The van der Waals surface area contributed by atoms with Crippen LogP contribution < -0.4 is 11.1 Å². The third kappa shape index (κ3) is 3.68. The summed E-state index contributed by atoms with van der Waals surface area (Å²) in [4.78, 5) is 10.9. The van der Waals surface area contributed by atoms with E-state index < -0.39 is 5.97 Å². The minimum atomic E-state index is -0.950. The molecule has 0 amide bonds. The molecule has 1 aromatic rings. The van der Waals surface area contributed by atoms with E-state index in [1.165, 1.54) is 6.07 Å². The first-order valence-electron chi connectivity index (χ1n) is 6.59. The normalized spacial score (nSPS) is 23.2. The van der Waals surface area contributed by atoms with E-state index in [0.717, 1.165) is 31.2 Å². The molecule has 5 nitrogen and oxygen atoms in total. The summed E-state index contributed by atoms with van der Waals surface area (Å²) in [6.45, 7) is 0.532. The van der Waals surface area contributed by atoms with E-state index in [9.17, 15) is 9.90 Å². The Kier molecular flexibility index (Phi) is 4.39. The average Bonchev–Trinajstić information content (AvgIpc) is 2.37. The molecule has 1 fully saturated rings. The Morgan fingerprint density at radius 3 is 2.89 bits per heavy atom. The van der Waals surface area contributed by atoms with E-state index in [0.29, 0.717) is 12.2 Å². The second-order valence-corrected chi connectivity index (χ2v) is 5.12. The van der Waals surface area contributed by atoms with E-state index in [4.69, 9.17) is 10.8 Å². The molecule has 0 bridgehead atoms. The maximum atomic E-state index is 10.9. The third-order valence-corrected chi connectivity index (χ3v) is 3.62. The Hall–Kier alpha value is -1.59. The number of aromatic carboxylic acids is 1. The number of hydrogen-bond donors (Lipinski definition) is 4. The fourth-order valence-electron chi connectivity index (χ4n) is 2.50. The predicted molar refractivity (Wildman–Crippen MR) is 72.9 cm³/mol. The fraction of sp³-hybridized carbons (Fsp3) is 0.500. The van der Waals surface area contributed by atoms with Gasteiger partial charge in [0.25, 0.3) is 0 Å². The van der Waals surface area contributed by atoms with Crippen LogP contribution >= 0.6 is 0 Å². The Morgan fingerprint density at radius 1 is 1.42 bits per heavy atom. The van der Waals surface area contributed by atoms with Crippen molar-refractivity contribution in [2.75, 3.05) is 5.73 Å². The average molecular weight is 264 g/mol. The second kappa shape index (κ2) is 6.04. The van der Waals surface area contributed by atoms with Gasteiger partial charge in [-0.05, 0) is 49.4 Å². The van der Waals surface area contributed by atoms with Crippen LogP contribution in [0.4, 0.5) is 5.69 Å². The smallest absolute Gasteiger partial charge is 0.335 e. The summed E-state index contributed by atoms with van der Waals surface area (Å²) in [5, 5.41) is 21.9. The number of aliphatic hydroxyl groups is 1. The Labute approximate surface area is 112 Å². The predicted octanol–water partition coefficient (Wildman–Crippen LogP) is 1.36. The van der Waals surface area contributed by atoms with Crippen LogP contribution in [0.25, 0.3) is 0 Å². The van der Waals surface area contributed by atoms with Crippen LogP contribution in [0.1, 0.15) is 41.6 Å². The zero-order valence-corrected chi connectivity index (χ0v) is 10.8. The van der Waals surface area contributed by atoms with Crippen LogP contribution in [-0.2, 0) is 6.54 Å². The molecule has 0 unspecified atom stereocenters. The number of carbonyl (C=O) groups is 1. The molecule has 1 aliphatic rings. The van der Waals surface area contributed by atoms with Gasteiger partial charge in [-0.15, -0.1) is 0 Å². The van der Waals surface area contributed by atoms with Crippen molar-refractivity contribution in [1.82, 2.24) is 5.32 Å². The molecule has 1 aromatic carbocycles. The minimum absolute atomic E-state index is 0.228. The molecule has 2 rings (SSSR count). The van der Waals surface area contributed by atoms with Crippen molar-refractivity contribution in [3.05, 3.63) is 29.3 Å². The lowest BCUT2D eigenvalue weighted by Gasteiger charge is -2.27. The molecule has 0 spiro atoms. The number of nitrogens with one attached hydrogen (secondary N) is 1. The Bertz CT molecular complexity index is 462. The van der Waals surface area contributed by atoms with Crippen LogP contribution in [0, 0.1) is 0 Å². The summed E-state index contributed by atoms with van der Waals surface area (Å²) in [6, 6.07) is 5.00. The number of aliphatic hydroxyl groups excluding tert-OH is 1. The number of carboxylic acids is 1. The molecule has 0 heterocycles. The molecule has 1 aliphatic carbocycles. The van der Waals surface area contributed by atoms with Crippen molar-refractivity contribution in [3.63, 3.8) is 0 Å². The topological polar surface area (TPSA) is 95.6 Å². The van der Waals surface area contributed by atoms with E-state index >= 15 is 0 Å². The van der Waals surface area contributed by atoms with E-state index in [1.807, 2.05) is 0 Å². The van der Waals surface area contributed by atoms with Gasteiger partial charge in [-0.25, -0.2) is 4.79 Å². The number of benzene rings is 1. The zero-order valence-electron chi connectivity index (χ0n) is 10.8. The summed E-state index contributed by atoms with van der Waals surface area (Å²) in [6.07, 6.45) is 3.45. The number of anilines is 1. The minimum Gasteiger partial charge on any atom is -0.478 e. The lowest BCUT2D eigenvalue weighted by Crippen LogP contribution is -2.35. The van der Waals surface area contributed by atoms with Gasteiger partial charge in [-0.3, -0.25) is 0 Å². The van der Waals surface area contributed by atoms with Crippen molar-refractivity contribution in [2.24, 2.45) is 0 Å². The third-order valence-electron chi connectivity index (χ3n) is 3.62. The van der Waals surface area contributed by atoms with Crippen LogP contribution in [0.3, 0.4) is 0 Å². The first-order chi connectivity index (χ1) is 9.06. The summed E-state index contributed by atoms with van der Waals surface area (Å²) >= 11 is 0. The molecular formula is C14H20N2O3. The van der Waals surface area contributed by atoms with Crippen LogP contribution in [-0.4, -0.2) is 28.3 Å². The molecule has 5 heteroatoms. The van der Waals surface area contributed by atoms with E-state index in [1.54, 1.807) is 12.1 Å². The van der Waals surface area contributed by atoms with Crippen molar-refractivity contribution in [1.29, 1.82) is 0 Å².